The second-order valence-corrected chi connectivity index (χ2v) is 9.56. The molecular weight excluding hydrogens is 438 g/mol. The summed E-state index contributed by atoms with van der Waals surface area (Å²) in [6.45, 7) is 1.03. The molecule has 3 aromatic rings. The fourth-order valence-corrected chi connectivity index (χ4v) is 5.50. The molecule has 2 unspecified atom stereocenters. The van der Waals surface area contributed by atoms with Crippen LogP contribution in [0.4, 0.5) is 8.78 Å². The summed E-state index contributed by atoms with van der Waals surface area (Å²) in [6.07, 6.45) is 1.56. The first kappa shape index (κ1) is 21.1. The highest BCUT2D eigenvalue weighted by Gasteiger charge is 2.45. The summed E-state index contributed by atoms with van der Waals surface area (Å²) in [7, 11) is 1.74. The van der Waals surface area contributed by atoms with Crippen molar-refractivity contribution in [2.45, 2.75) is 38.5 Å². The maximum absolute atomic E-state index is 13.2. The zero-order valence-corrected chi connectivity index (χ0v) is 18.9. The highest BCUT2D eigenvalue weighted by Crippen LogP contribution is 2.49. The van der Waals surface area contributed by atoms with E-state index in [1.54, 1.807) is 24.1 Å². The number of amides is 1. The van der Waals surface area contributed by atoms with Crippen LogP contribution in [0.1, 0.15) is 59.2 Å². The van der Waals surface area contributed by atoms with Crippen molar-refractivity contribution < 1.29 is 18.3 Å². The van der Waals surface area contributed by atoms with Gasteiger partial charge in [0.2, 0.25) is 0 Å². The van der Waals surface area contributed by atoms with E-state index in [0.717, 1.165) is 41.9 Å². The number of benzene rings is 2. The number of imidazole rings is 1. The second-order valence-electron chi connectivity index (χ2n) is 9.56. The SMILES string of the molecule is CN1C(=O)c2cccc(OC(F)F)c2[C@H]2CC1c1nc3ccc(C#CC4(C)CCNC4)cc3n12. The van der Waals surface area contributed by atoms with Crippen LogP contribution in [0, 0.1) is 17.3 Å². The summed E-state index contributed by atoms with van der Waals surface area (Å²) in [5.74, 6) is 7.31. The van der Waals surface area contributed by atoms with Crippen LogP contribution in [0.25, 0.3) is 11.0 Å². The Morgan fingerprint density at radius 1 is 1.26 bits per heavy atom. The van der Waals surface area contributed by atoms with Gasteiger partial charge in [-0.05, 0) is 50.2 Å². The van der Waals surface area contributed by atoms with Gasteiger partial charge in [-0.3, -0.25) is 4.79 Å². The molecule has 3 aliphatic heterocycles. The van der Waals surface area contributed by atoms with Crippen molar-refractivity contribution in [1.82, 2.24) is 19.8 Å². The van der Waals surface area contributed by atoms with Gasteiger partial charge in [0.05, 0.1) is 23.1 Å². The summed E-state index contributed by atoms with van der Waals surface area (Å²) >= 11 is 0. The Morgan fingerprint density at radius 3 is 2.88 bits per heavy atom. The Kier molecular flexibility index (Phi) is 4.68. The van der Waals surface area contributed by atoms with Crippen molar-refractivity contribution in [1.29, 1.82) is 0 Å². The van der Waals surface area contributed by atoms with Crippen molar-refractivity contribution in [3.05, 3.63) is 58.9 Å². The Labute approximate surface area is 195 Å². The summed E-state index contributed by atoms with van der Waals surface area (Å²) in [4.78, 5) is 19.7. The van der Waals surface area contributed by atoms with Gasteiger partial charge in [-0.15, -0.1) is 0 Å². The predicted octanol–water partition coefficient (Wildman–Crippen LogP) is 4.11. The molecule has 1 fully saturated rings. The van der Waals surface area contributed by atoms with Crippen molar-refractivity contribution >= 4 is 16.9 Å². The van der Waals surface area contributed by atoms with E-state index in [1.165, 1.54) is 6.07 Å². The van der Waals surface area contributed by atoms with Gasteiger partial charge in [0.15, 0.2) is 0 Å². The zero-order chi connectivity index (χ0) is 23.6. The number of nitrogens with zero attached hydrogens (tertiary/aromatic N) is 3. The van der Waals surface area contributed by atoms with Crippen LogP contribution < -0.4 is 10.1 Å². The van der Waals surface area contributed by atoms with E-state index in [2.05, 4.69) is 28.6 Å². The largest absolute Gasteiger partial charge is 0.434 e. The molecule has 8 heteroatoms. The molecule has 4 heterocycles. The van der Waals surface area contributed by atoms with Crippen LogP contribution in [0.5, 0.6) is 5.75 Å². The molecule has 1 amide bonds. The normalized spacial score (nSPS) is 25.2. The van der Waals surface area contributed by atoms with Crippen LogP contribution in [0.2, 0.25) is 0 Å². The van der Waals surface area contributed by atoms with Gasteiger partial charge in [0.25, 0.3) is 5.91 Å². The summed E-state index contributed by atoms with van der Waals surface area (Å²) in [6, 6.07) is 10.1. The predicted molar refractivity (Wildman–Crippen MR) is 123 cm³/mol. The molecule has 1 aromatic heterocycles. The molecule has 3 atom stereocenters. The third kappa shape index (κ3) is 3.18. The average molecular weight is 463 g/mol. The number of rotatable bonds is 2. The molecule has 3 aliphatic rings. The fourth-order valence-electron chi connectivity index (χ4n) is 5.50. The quantitative estimate of drug-likeness (QED) is 0.583. The molecule has 0 aliphatic carbocycles. The minimum atomic E-state index is -2.98. The first-order valence-electron chi connectivity index (χ1n) is 11.5. The Morgan fingerprint density at radius 2 is 2.12 bits per heavy atom. The maximum Gasteiger partial charge on any atom is 0.387 e. The smallest absolute Gasteiger partial charge is 0.387 e. The van der Waals surface area contributed by atoms with Crippen LogP contribution in [0.3, 0.4) is 0 Å². The minimum absolute atomic E-state index is 0.0344. The summed E-state index contributed by atoms with van der Waals surface area (Å²) in [5, 5.41) is 3.36. The first-order chi connectivity index (χ1) is 16.3. The molecule has 0 saturated carbocycles. The van der Waals surface area contributed by atoms with Crippen LogP contribution >= 0.6 is 0 Å². The van der Waals surface area contributed by atoms with E-state index in [4.69, 9.17) is 9.72 Å². The van der Waals surface area contributed by atoms with E-state index < -0.39 is 6.61 Å². The Bertz CT molecular complexity index is 1380. The maximum atomic E-state index is 13.2. The van der Waals surface area contributed by atoms with Crippen molar-refractivity contribution in [2.24, 2.45) is 5.41 Å². The summed E-state index contributed by atoms with van der Waals surface area (Å²) in [5.41, 5.74) is 3.38. The van der Waals surface area contributed by atoms with E-state index in [1.807, 2.05) is 18.2 Å². The number of hydrogen-bond acceptors (Lipinski definition) is 4. The lowest BCUT2D eigenvalue weighted by Gasteiger charge is -2.24. The van der Waals surface area contributed by atoms with Gasteiger partial charge in [0, 0.05) is 42.1 Å². The topological polar surface area (TPSA) is 59.4 Å². The molecule has 2 bridgehead atoms. The first-order valence-corrected chi connectivity index (χ1v) is 11.5. The molecule has 0 radical (unpaired) electrons. The molecule has 1 saturated heterocycles. The number of halogens is 2. The van der Waals surface area contributed by atoms with Gasteiger partial charge in [0.1, 0.15) is 11.6 Å². The minimum Gasteiger partial charge on any atom is -0.434 e. The Balaban J connectivity index is 1.52. The molecule has 0 spiro atoms. The van der Waals surface area contributed by atoms with Gasteiger partial charge < -0.3 is 19.5 Å². The van der Waals surface area contributed by atoms with Gasteiger partial charge >= 0.3 is 6.61 Å². The standard InChI is InChI=1S/C26H24F2N4O2/c1-26(10-11-29-14-26)9-8-15-6-7-17-18(12-15)32-19-13-20(23(32)30-17)31(2)24(33)16-4-3-5-21(22(16)19)34-25(27)28/h3-7,12,19-20,25,29H,10-11,13-14H2,1-2H3/t19-,20?,26?/m1/s1. The number of ether oxygens (including phenoxy) is 1. The summed E-state index contributed by atoms with van der Waals surface area (Å²) < 4.78 is 33.4. The molecule has 2 aromatic carbocycles. The highest BCUT2D eigenvalue weighted by atomic mass is 19.3. The monoisotopic (exact) mass is 462 g/mol. The Hall–Kier alpha value is -3.44. The third-order valence-corrected chi connectivity index (χ3v) is 7.28. The lowest BCUT2D eigenvalue weighted by Crippen LogP contribution is -2.30. The second kappa shape index (κ2) is 7.54. The fraction of sp³-hybridized carbons (Fsp3) is 0.385. The van der Waals surface area contributed by atoms with E-state index in [0.29, 0.717) is 17.5 Å². The number of hydrogen-bond donors (Lipinski definition) is 1. The number of fused-ring (bicyclic) bond motifs is 9. The zero-order valence-electron chi connectivity index (χ0n) is 18.9. The molecular formula is C26H24F2N4O2. The average Bonchev–Trinajstić information content (AvgIpc) is 3.49. The molecule has 6 rings (SSSR count). The lowest BCUT2D eigenvalue weighted by atomic mass is 9.90. The van der Waals surface area contributed by atoms with Crippen molar-refractivity contribution in [2.75, 3.05) is 20.1 Å². The van der Waals surface area contributed by atoms with Gasteiger partial charge in [-0.1, -0.05) is 17.9 Å². The number of carbonyl (C=O) groups is 1. The number of aromatic nitrogens is 2. The van der Waals surface area contributed by atoms with E-state index >= 15 is 0 Å². The molecule has 1 N–H and O–H groups in total. The number of alkyl halides is 2. The molecule has 6 nitrogen and oxygen atoms in total. The van der Waals surface area contributed by atoms with E-state index in [-0.39, 0.29) is 29.2 Å². The van der Waals surface area contributed by atoms with Crippen LogP contribution in [-0.2, 0) is 0 Å². The van der Waals surface area contributed by atoms with Crippen LogP contribution in [-0.4, -0.2) is 47.1 Å². The number of carbonyl (C=O) groups excluding carboxylic acids is 1. The molecule has 174 valence electrons. The number of nitrogens with one attached hydrogen (secondary N) is 1. The van der Waals surface area contributed by atoms with Crippen molar-refractivity contribution in [3.8, 4) is 17.6 Å². The van der Waals surface area contributed by atoms with Gasteiger partial charge in [-0.2, -0.15) is 8.78 Å². The molecule has 34 heavy (non-hydrogen) atoms. The highest BCUT2D eigenvalue weighted by molar-refractivity contribution is 5.97. The van der Waals surface area contributed by atoms with Crippen LogP contribution in [0.15, 0.2) is 36.4 Å². The lowest BCUT2D eigenvalue weighted by molar-refractivity contribution is -0.0507. The van der Waals surface area contributed by atoms with Gasteiger partial charge in [-0.25, -0.2) is 4.98 Å². The third-order valence-electron chi connectivity index (χ3n) is 7.28. The van der Waals surface area contributed by atoms with E-state index in [9.17, 15) is 13.6 Å². The van der Waals surface area contributed by atoms with Crippen molar-refractivity contribution in [3.63, 3.8) is 0 Å².